The number of aryl methyl sites for hydroxylation is 1. The monoisotopic (exact) mass is 325 g/mol. The summed E-state index contributed by atoms with van der Waals surface area (Å²) in [7, 11) is 1.43. The Kier molecular flexibility index (Phi) is 4.81. The SMILES string of the molecule is COc1nc(C)nc(NC(=O)N(S)c2ccccc2Cl)n1. The highest BCUT2D eigenvalue weighted by Gasteiger charge is 2.16. The summed E-state index contributed by atoms with van der Waals surface area (Å²) >= 11 is 10.1. The minimum atomic E-state index is -0.556. The summed E-state index contributed by atoms with van der Waals surface area (Å²) in [5.74, 6) is 0.482. The topological polar surface area (TPSA) is 80.2 Å². The van der Waals surface area contributed by atoms with Crippen LogP contribution in [0.2, 0.25) is 5.02 Å². The number of para-hydroxylation sites is 1. The number of halogens is 1. The Bertz CT molecular complexity index is 670. The maximum atomic E-state index is 12.1. The van der Waals surface area contributed by atoms with Crippen LogP contribution in [0.25, 0.3) is 0 Å². The Morgan fingerprint density at radius 1 is 1.33 bits per heavy atom. The molecule has 0 fully saturated rings. The molecule has 2 amide bonds. The predicted octanol–water partition coefficient (Wildman–Crippen LogP) is 2.73. The van der Waals surface area contributed by atoms with Crippen molar-refractivity contribution >= 4 is 42.1 Å². The van der Waals surface area contributed by atoms with Gasteiger partial charge in [-0.2, -0.15) is 15.0 Å². The Morgan fingerprint density at radius 2 is 2.05 bits per heavy atom. The molecule has 0 aliphatic rings. The Hall–Kier alpha value is -2.06. The maximum Gasteiger partial charge on any atom is 0.338 e. The zero-order valence-electron chi connectivity index (χ0n) is 11.2. The maximum absolute atomic E-state index is 12.1. The van der Waals surface area contributed by atoms with Gasteiger partial charge in [-0.3, -0.25) is 5.32 Å². The Labute approximate surface area is 131 Å². The van der Waals surface area contributed by atoms with E-state index in [-0.39, 0.29) is 12.0 Å². The van der Waals surface area contributed by atoms with Crippen molar-refractivity contribution in [1.29, 1.82) is 0 Å². The highest BCUT2D eigenvalue weighted by Crippen LogP contribution is 2.26. The van der Waals surface area contributed by atoms with E-state index in [1.807, 2.05) is 0 Å². The van der Waals surface area contributed by atoms with Crippen molar-refractivity contribution < 1.29 is 9.53 Å². The summed E-state index contributed by atoms with van der Waals surface area (Å²) in [5.41, 5.74) is 0.442. The van der Waals surface area contributed by atoms with Crippen molar-refractivity contribution in [3.8, 4) is 6.01 Å². The van der Waals surface area contributed by atoms with E-state index in [0.29, 0.717) is 16.5 Å². The van der Waals surface area contributed by atoms with Gasteiger partial charge >= 0.3 is 12.0 Å². The molecule has 7 nitrogen and oxygen atoms in total. The second kappa shape index (κ2) is 6.59. The van der Waals surface area contributed by atoms with Crippen LogP contribution in [0, 0.1) is 6.92 Å². The van der Waals surface area contributed by atoms with Crippen molar-refractivity contribution in [2.75, 3.05) is 16.7 Å². The van der Waals surface area contributed by atoms with E-state index < -0.39 is 6.03 Å². The van der Waals surface area contributed by atoms with Crippen LogP contribution in [0.5, 0.6) is 6.01 Å². The van der Waals surface area contributed by atoms with Gasteiger partial charge < -0.3 is 4.74 Å². The summed E-state index contributed by atoms with van der Waals surface area (Å²) in [5, 5.41) is 2.89. The standard InChI is InChI=1S/C12H12ClN5O2S/c1-7-14-10(16-11(15-7)20-2)17-12(19)18(21)9-6-4-3-5-8(9)13/h3-6,21H,1-2H3,(H,14,15,16,17,19). The number of carbonyl (C=O) groups is 1. The molecule has 0 spiro atoms. The lowest BCUT2D eigenvalue weighted by atomic mass is 10.3. The van der Waals surface area contributed by atoms with Gasteiger partial charge in [0.2, 0.25) is 5.95 Å². The van der Waals surface area contributed by atoms with E-state index in [4.69, 9.17) is 16.3 Å². The number of hydrogen-bond donors (Lipinski definition) is 2. The lowest BCUT2D eigenvalue weighted by molar-refractivity contribution is 0.260. The number of nitrogens with zero attached hydrogens (tertiary/aromatic N) is 4. The van der Waals surface area contributed by atoms with Gasteiger partial charge in [-0.15, -0.1) is 0 Å². The van der Waals surface area contributed by atoms with Gasteiger partial charge in [0.05, 0.1) is 17.8 Å². The largest absolute Gasteiger partial charge is 0.467 e. The van der Waals surface area contributed by atoms with Crippen LogP contribution in [0.4, 0.5) is 16.4 Å². The summed E-state index contributed by atoms with van der Waals surface area (Å²) in [6.45, 7) is 1.66. The summed E-state index contributed by atoms with van der Waals surface area (Å²) in [6.07, 6.45) is 0. The quantitative estimate of drug-likeness (QED) is 0.848. The fourth-order valence-corrected chi connectivity index (χ4v) is 1.99. The average molecular weight is 326 g/mol. The van der Waals surface area contributed by atoms with Crippen LogP contribution in [-0.2, 0) is 0 Å². The summed E-state index contributed by atoms with van der Waals surface area (Å²) in [4.78, 5) is 24.0. The number of carbonyl (C=O) groups excluding carboxylic acids is 1. The first-order valence-electron chi connectivity index (χ1n) is 5.82. The zero-order chi connectivity index (χ0) is 15.4. The minimum Gasteiger partial charge on any atom is -0.467 e. The highest BCUT2D eigenvalue weighted by atomic mass is 35.5. The third-order valence-corrected chi connectivity index (χ3v) is 3.12. The van der Waals surface area contributed by atoms with Gasteiger partial charge in [-0.1, -0.05) is 36.5 Å². The molecule has 0 unspecified atom stereocenters. The van der Waals surface area contributed by atoms with Gasteiger partial charge in [-0.05, 0) is 19.1 Å². The number of aromatic nitrogens is 3. The van der Waals surface area contributed by atoms with Crippen LogP contribution in [-0.4, -0.2) is 28.1 Å². The lowest BCUT2D eigenvalue weighted by Gasteiger charge is -2.17. The van der Waals surface area contributed by atoms with Gasteiger partial charge in [0.15, 0.2) is 0 Å². The molecule has 21 heavy (non-hydrogen) atoms. The molecule has 9 heteroatoms. The normalized spacial score (nSPS) is 10.1. The molecular weight excluding hydrogens is 314 g/mol. The number of amides is 2. The molecule has 0 aliphatic heterocycles. The van der Waals surface area contributed by atoms with Crippen molar-refractivity contribution in [2.45, 2.75) is 6.92 Å². The molecule has 0 radical (unpaired) electrons. The van der Waals surface area contributed by atoms with E-state index in [9.17, 15) is 4.79 Å². The number of anilines is 2. The molecule has 1 heterocycles. The lowest BCUT2D eigenvalue weighted by Crippen LogP contribution is -2.28. The second-order valence-electron chi connectivity index (χ2n) is 3.89. The number of methoxy groups -OCH3 is 1. The number of urea groups is 1. The van der Waals surface area contributed by atoms with Crippen molar-refractivity contribution in [3.05, 3.63) is 35.1 Å². The average Bonchev–Trinajstić information content (AvgIpc) is 2.46. The number of benzene rings is 1. The number of thiol groups is 1. The first kappa shape index (κ1) is 15.3. The highest BCUT2D eigenvalue weighted by molar-refractivity contribution is 7.82. The van der Waals surface area contributed by atoms with Gasteiger partial charge in [0, 0.05) is 0 Å². The van der Waals surface area contributed by atoms with E-state index in [0.717, 1.165) is 4.31 Å². The first-order chi connectivity index (χ1) is 10.0. The van der Waals surface area contributed by atoms with E-state index in [1.165, 1.54) is 7.11 Å². The smallest absolute Gasteiger partial charge is 0.338 e. The van der Waals surface area contributed by atoms with Crippen LogP contribution in [0.3, 0.4) is 0 Å². The minimum absolute atomic E-state index is 0.0652. The number of hydrogen-bond acceptors (Lipinski definition) is 6. The molecule has 0 aliphatic carbocycles. The fraction of sp³-hybridized carbons (Fsp3) is 0.167. The molecule has 1 aromatic heterocycles. The molecule has 0 atom stereocenters. The van der Waals surface area contributed by atoms with Gasteiger partial charge in [-0.25, -0.2) is 9.10 Å². The van der Waals surface area contributed by atoms with E-state index in [2.05, 4.69) is 33.1 Å². The van der Waals surface area contributed by atoms with E-state index in [1.54, 1.807) is 31.2 Å². The molecule has 0 saturated carbocycles. The summed E-state index contributed by atoms with van der Waals surface area (Å²) in [6, 6.07) is 6.37. The van der Waals surface area contributed by atoms with Crippen molar-refractivity contribution in [2.24, 2.45) is 0 Å². The Balaban J connectivity index is 2.18. The summed E-state index contributed by atoms with van der Waals surface area (Å²) < 4.78 is 5.98. The van der Waals surface area contributed by atoms with Crippen LogP contribution in [0.15, 0.2) is 24.3 Å². The predicted molar refractivity (Wildman–Crippen MR) is 83.1 cm³/mol. The van der Waals surface area contributed by atoms with Crippen LogP contribution >= 0.6 is 24.4 Å². The number of nitrogens with one attached hydrogen (secondary N) is 1. The fourth-order valence-electron chi connectivity index (χ4n) is 1.49. The van der Waals surface area contributed by atoms with E-state index >= 15 is 0 Å². The van der Waals surface area contributed by atoms with Crippen molar-refractivity contribution in [3.63, 3.8) is 0 Å². The molecule has 2 aromatic rings. The van der Waals surface area contributed by atoms with Crippen molar-refractivity contribution in [1.82, 2.24) is 15.0 Å². The van der Waals surface area contributed by atoms with Crippen LogP contribution in [0.1, 0.15) is 5.82 Å². The molecule has 1 N–H and O–H groups in total. The molecule has 0 saturated heterocycles. The molecule has 2 rings (SSSR count). The number of rotatable bonds is 3. The third-order valence-electron chi connectivity index (χ3n) is 2.40. The molecule has 110 valence electrons. The van der Waals surface area contributed by atoms with Gasteiger partial charge in [0.25, 0.3) is 0 Å². The molecule has 0 bridgehead atoms. The zero-order valence-corrected chi connectivity index (χ0v) is 12.9. The molecular formula is C12H12ClN5O2S. The number of ether oxygens (including phenoxy) is 1. The third kappa shape index (κ3) is 3.73. The van der Waals surface area contributed by atoms with Gasteiger partial charge in [0.1, 0.15) is 5.82 Å². The van der Waals surface area contributed by atoms with Crippen LogP contribution < -0.4 is 14.4 Å². The second-order valence-corrected chi connectivity index (χ2v) is 4.69. The Morgan fingerprint density at radius 3 is 2.71 bits per heavy atom. The first-order valence-corrected chi connectivity index (χ1v) is 6.60. The molecule has 1 aromatic carbocycles.